The van der Waals surface area contributed by atoms with Crippen molar-refractivity contribution < 1.29 is 16.4 Å². The summed E-state index contributed by atoms with van der Waals surface area (Å²) in [6.07, 6.45) is 7.15. The van der Waals surface area contributed by atoms with Crippen LogP contribution in [0.15, 0.2) is 66.1 Å². The molecule has 0 aromatic carbocycles. The Morgan fingerprint density at radius 2 is 1.14 bits per heavy atom. The molecular weight excluding hydrogens is 462 g/mol. The van der Waals surface area contributed by atoms with E-state index in [1.807, 2.05) is 15.3 Å². The Bertz CT molecular complexity index is 820. The molecule has 3 rings (SSSR count). The molecule has 0 nitrogen and oxygen atoms in total. The van der Waals surface area contributed by atoms with E-state index in [4.69, 9.17) is 17.0 Å². The van der Waals surface area contributed by atoms with Crippen LogP contribution in [0, 0.1) is 11.8 Å². The number of allylic oxidation sites excluding steroid dienone is 12. The van der Waals surface area contributed by atoms with Crippen LogP contribution in [-0.2, 0) is 16.4 Å². The summed E-state index contributed by atoms with van der Waals surface area (Å²) in [7, 11) is 12.5. The van der Waals surface area contributed by atoms with Gasteiger partial charge in [0.05, 0.1) is 0 Å². The molecule has 0 bridgehead atoms. The zero-order chi connectivity index (χ0) is 21.6. The van der Waals surface area contributed by atoms with Crippen LogP contribution in [0.25, 0.3) is 0 Å². The van der Waals surface area contributed by atoms with Gasteiger partial charge in [-0.25, -0.2) is 0 Å². The van der Waals surface area contributed by atoms with E-state index in [-0.39, 0.29) is 0 Å². The van der Waals surface area contributed by atoms with Gasteiger partial charge in [-0.2, -0.15) is 0 Å². The van der Waals surface area contributed by atoms with Crippen molar-refractivity contribution >= 4 is 17.0 Å². The Hall–Kier alpha value is -0.0969. The molecule has 0 saturated heterocycles. The van der Waals surface area contributed by atoms with Gasteiger partial charge in [-0.3, -0.25) is 0 Å². The summed E-state index contributed by atoms with van der Waals surface area (Å²) in [5, 5.41) is 0. The van der Waals surface area contributed by atoms with Crippen molar-refractivity contribution in [1.82, 2.24) is 0 Å². The third kappa shape index (κ3) is 4.63. The monoisotopic (exact) mass is 497 g/mol. The molecule has 0 heterocycles. The van der Waals surface area contributed by atoms with Gasteiger partial charge in [0, 0.05) is 11.8 Å². The minimum atomic E-state index is -3.26. The second-order valence-electron chi connectivity index (χ2n) is 9.48. The summed E-state index contributed by atoms with van der Waals surface area (Å²) in [4.78, 5) is 0. The molecule has 0 aromatic heterocycles. The zero-order valence-electron chi connectivity index (χ0n) is 19.3. The first-order valence-electron chi connectivity index (χ1n) is 10.4. The molecule has 3 aliphatic carbocycles. The molecule has 28 heavy (non-hydrogen) atoms. The number of hydrogen-bond acceptors (Lipinski definition) is 0. The molecule has 2 atom stereocenters. The first-order chi connectivity index (χ1) is 12.6. The summed E-state index contributed by atoms with van der Waals surface area (Å²) in [5.74, 6) is 1.19. The van der Waals surface area contributed by atoms with Crippen molar-refractivity contribution in [3.8, 4) is 0 Å². The van der Waals surface area contributed by atoms with Crippen molar-refractivity contribution in [3.05, 3.63) is 66.1 Å². The number of rotatable bonds is 2. The van der Waals surface area contributed by atoms with E-state index in [0.717, 1.165) is 6.42 Å². The number of hydrogen-bond donors (Lipinski definition) is 0. The van der Waals surface area contributed by atoms with Crippen LogP contribution in [0.1, 0.15) is 61.8 Å². The maximum atomic E-state index is 6.26. The van der Waals surface area contributed by atoms with E-state index < -0.39 is 16.4 Å². The molecule has 3 heteroatoms. The minimum absolute atomic E-state index is 0.594. The maximum absolute atomic E-state index is 6.26. The van der Waals surface area contributed by atoms with E-state index in [1.165, 1.54) is 25.6 Å². The molecular formula is C25H37Cl2Zr. The topological polar surface area (TPSA) is 0 Å². The van der Waals surface area contributed by atoms with Crippen molar-refractivity contribution in [2.75, 3.05) is 0 Å². The van der Waals surface area contributed by atoms with Gasteiger partial charge in [0.15, 0.2) is 0 Å². The van der Waals surface area contributed by atoms with E-state index >= 15 is 0 Å². The second kappa shape index (κ2) is 8.21. The van der Waals surface area contributed by atoms with Crippen molar-refractivity contribution in [3.63, 3.8) is 0 Å². The third-order valence-corrected chi connectivity index (χ3v) is 15.4. The van der Waals surface area contributed by atoms with Crippen LogP contribution in [0.5, 0.6) is 0 Å². The van der Waals surface area contributed by atoms with Gasteiger partial charge in [0.25, 0.3) is 0 Å². The van der Waals surface area contributed by atoms with Crippen LogP contribution >= 0.6 is 17.0 Å². The molecule has 0 saturated carbocycles. The average Bonchev–Trinajstić information content (AvgIpc) is 3.25. The molecule has 0 spiro atoms. The summed E-state index contributed by atoms with van der Waals surface area (Å²) >= 11 is -3.26. The van der Waals surface area contributed by atoms with Crippen molar-refractivity contribution in [2.24, 2.45) is 11.8 Å². The van der Waals surface area contributed by atoms with Gasteiger partial charge in [0.1, 0.15) is 0 Å². The van der Waals surface area contributed by atoms with Crippen LogP contribution in [0.4, 0.5) is 0 Å². The Balaban J connectivity index is 0.000000237. The van der Waals surface area contributed by atoms with E-state index in [9.17, 15) is 0 Å². The fourth-order valence-corrected chi connectivity index (χ4v) is 9.25. The third-order valence-electron chi connectivity index (χ3n) is 7.23. The Morgan fingerprint density at radius 1 is 0.750 bits per heavy atom. The van der Waals surface area contributed by atoms with Crippen LogP contribution < -0.4 is 0 Å². The standard InChI is InChI=1S/C18H26.C5H5.2CH3.2ClH.Zr/c1-9-10(2)14(6)17(13(9)5)18-15(7)11(3)12(4)16(18)8;1-2-4-5-3-1;;;;;/h13,15H,1-8H3;1-3H,4H2;2*1H3;2*1H;/q;;;;;;+2/p-2. The van der Waals surface area contributed by atoms with Gasteiger partial charge >= 0.3 is 70.6 Å². The van der Waals surface area contributed by atoms with Crippen molar-refractivity contribution in [2.45, 2.75) is 71.1 Å². The van der Waals surface area contributed by atoms with Gasteiger partial charge in [-0.1, -0.05) is 25.0 Å². The Labute approximate surface area is 181 Å². The van der Waals surface area contributed by atoms with Crippen LogP contribution in [0.2, 0.25) is 9.26 Å². The summed E-state index contributed by atoms with van der Waals surface area (Å²) in [5.41, 5.74) is 12.4. The van der Waals surface area contributed by atoms with Crippen molar-refractivity contribution in [1.29, 1.82) is 0 Å². The fourth-order valence-electron chi connectivity index (χ4n) is 4.56. The first-order valence-corrected chi connectivity index (χ1v) is 22.9. The quantitative estimate of drug-likeness (QED) is 0.355. The predicted molar refractivity (Wildman–Crippen MR) is 126 cm³/mol. The summed E-state index contributed by atoms with van der Waals surface area (Å²) in [6.45, 7) is 18.5. The number of halogens is 2. The Morgan fingerprint density at radius 3 is 1.32 bits per heavy atom. The molecule has 3 aliphatic rings. The molecule has 155 valence electrons. The normalized spacial score (nSPS) is 26.7. The SMILES string of the molecule is CC1=C(C)C(C)C(C2=C(C)C(C)=C(C)C2C)=C1C.[CH3][Zr]([CH3])([Cl])([Cl])[C]1=CC=CC1. The zero-order valence-corrected chi connectivity index (χ0v) is 23.3. The molecule has 0 fully saturated rings. The van der Waals surface area contributed by atoms with E-state index in [1.54, 1.807) is 22.3 Å². The van der Waals surface area contributed by atoms with Gasteiger partial charge in [-0.05, 0) is 75.0 Å². The van der Waals surface area contributed by atoms with Gasteiger partial charge in [0.2, 0.25) is 0 Å². The summed E-state index contributed by atoms with van der Waals surface area (Å²) in [6, 6.07) is 0. The fraction of sp³-hybridized carbons (Fsp3) is 0.520. The van der Waals surface area contributed by atoms with Crippen LogP contribution in [0.3, 0.4) is 0 Å². The van der Waals surface area contributed by atoms with Gasteiger partial charge in [-0.15, -0.1) is 0 Å². The molecule has 0 aromatic rings. The average molecular weight is 500 g/mol. The first kappa shape index (κ1) is 24.2. The van der Waals surface area contributed by atoms with Gasteiger partial charge < -0.3 is 0 Å². The van der Waals surface area contributed by atoms with E-state index in [2.05, 4.69) is 67.5 Å². The molecule has 0 aliphatic heterocycles. The molecule has 2 unspecified atom stereocenters. The van der Waals surface area contributed by atoms with E-state index in [0.29, 0.717) is 11.8 Å². The predicted octanol–water partition coefficient (Wildman–Crippen LogP) is 9.52. The molecule has 0 N–H and O–H groups in total. The Kier molecular flexibility index (Phi) is 7.08. The van der Waals surface area contributed by atoms with Crippen LogP contribution in [-0.4, -0.2) is 0 Å². The second-order valence-corrected chi connectivity index (χ2v) is 35.5. The molecule has 0 radical (unpaired) electrons. The molecule has 0 amide bonds. The summed E-state index contributed by atoms with van der Waals surface area (Å²) < 4.78 is 5.30.